The molecule has 1 saturated heterocycles. The van der Waals surface area contributed by atoms with Crippen molar-refractivity contribution in [2.24, 2.45) is 11.8 Å². The molecule has 0 radical (unpaired) electrons. The fourth-order valence-electron chi connectivity index (χ4n) is 2.91. The van der Waals surface area contributed by atoms with E-state index in [2.05, 4.69) is 22.6 Å². The summed E-state index contributed by atoms with van der Waals surface area (Å²) in [6.45, 7) is 0.956. The molecule has 0 N–H and O–H groups in total. The molecule has 0 spiro atoms. The van der Waals surface area contributed by atoms with Crippen LogP contribution in [-0.4, -0.2) is 22.9 Å². The summed E-state index contributed by atoms with van der Waals surface area (Å²) >= 11 is 2.45. The fourth-order valence-corrected chi connectivity index (χ4v) is 3.79. The second kappa shape index (κ2) is 6.34. The molecule has 92 valence electrons. The Bertz CT molecular complexity index is 224. The summed E-state index contributed by atoms with van der Waals surface area (Å²) in [7, 11) is 0. The van der Waals surface area contributed by atoms with Crippen molar-refractivity contribution in [2.75, 3.05) is 11.0 Å². The average molecular weight is 336 g/mol. The first kappa shape index (κ1) is 12.8. The minimum Gasteiger partial charge on any atom is -0.378 e. The van der Waals surface area contributed by atoms with Gasteiger partial charge in [-0.25, -0.2) is 0 Å². The Morgan fingerprint density at radius 2 is 1.94 bits per heavy atom. The van der Waals surface area contributed by atoms with Crippen LogP contribution in [0.1, 0.15) is 44.9 Å². The van der Waals surface area contributed by atoms with Crippen molar-refractivity contribution < 1.29 is 9.53 Å². The summed E-state index contributed by atoms with van der Waals surface area (Å²) in [5, 5.41) is 0. The lowest BCUT2D eigenvalue weighted by Gasteiger charge is -2.35. The maximum Gasteiger partial charge on any atom is 0.132 e. The Kier molecular flexibility index (Phi) is 5.07. The van der Waals surface area contributed by atoms with E-state index in [4.69, 9.17) is 4.74 Å². The number of Topliss-reactive ketones (excluding diaryl/α,β-unsaturated/α-hetero) is 1. The Labute approximate surface area is 112 Å². The summed E-state index contributed by atoms with van der Waals surface area (Å²) in [6, 6.07) is 0. The van der Waals surface area contributed by atoms with Crippen LogP contribution >= 0.6 is 22.6 Å². The summed E-state index contributed by atoms with van der Waals surface area (Å²) < 4.78 is 7.25. The Morgan fingerprint density at radius 3 is 2.50 bits per heavy atom. The van der Waals surface area contributed by atoms with Gasteiger partial charge in [0.05, 0.1) is 6.10 Å². The Hall–Kier alpha value is 0.360. The number of carbonyl (C=O) groups excluding carboxylic acids is 1. The molecule has 0 aromatic rings. The predicted molar refractivity (Wildman–Crippen MR) is 72.9 cm³/mol. The maximum atomic E-state index is 11.2. The largest absolute Gasteiger partial charge is 0.378 e. The molecule has 1 aliphatic heterocycles. The van der Waals surface area contributed by atoms with E-state index in [9.17, 15) is 4.79 Å². The molecule has 0 amide bonds. The zero-order chi connectivity index (χ0) is 11.4. The first-order valence-electron chi connectivity index (χ1n) is 6.49. The van der Waals surface area contributed by atoms with E-state index in [-0.39, 0.29) is 0 Å². The average Bonchev–Trinajstić information content (AvgIpc) is 2.32. The van der Waals surface area contributed by atoms with Crippen molar-refractivity contribution in [1.29, 1.82) is 0 Å². The second-order valence-corrected chi connectivity index (χ2v) is 6.25. The third kappa shape index (κ3) is 3.42. The SMILES string of the molecule is O=C1CCC(C2CCC(CCI)CO2)CC1. The van der Waals surface area contributed by atoms with Crippen LogP contribution < -0.4 is 0 Å². The highest BCUT2D eigenvalue weighted by Gasteiger charge is 2.30. The number of hydrogen-bond acceptors (Lipinski definition) is 2. The van der Waals surface area contributed by atoms with Crippen LogP contribution in [0, 0.1) is 11.8 Å². The molecule has 0 aromatic carbocycles. The third-order valence-electron chi connectivity index (χ3n) is 4.04. The van der Waals surface area contributed by atoms with Gasteiger partial charge in [0.1, 0.15) is 5.78 Å². The summed E-state index contributed by atoms with van der Waals surface area (Å²) in [5.41, 5.74) is 0. The smallest absolute Gasteiger partial charge is 0.132 e. The normalized spacial score (nSPS) is 32.9. The molecule has 0 bridgehead atoms. The van der Waals surface area contributed by atoms with Crippen LogP contribution in [0.4, 0.5) is 0 Å². The molecule has 1 aliphatic carbocycles. The number of ether oxygens (including phenoxy) is 1. The number of ketones is 1. The highest BCUT2D eigenvalue weighted by Crippen LogP contribution is 2.33. The van der Waals surface area contributed by atoms with E-state index in [1.807, 2.05) is 0 Å². The molecule has 16 heavy (non-hydrogen) atoms. The minimum absolute atomic E-state index is 0.454. The summed E-state index contributed by atoms with van der Waals surface area (Å²) in [5.74, 6) is 1.91. The van der Waals surface area contributed by atoms with Crippen molar-refractivity contribution >= 4 is 28.4 Å². The maximum absolute atomic E-state index is 11.2. The van der Waals surface area contributed by atoms with Gasteiger partial charge >= 0.3 is 0 Å². The van der Waals surface area contributed by atoms with E-state index < -0.39 is 0 Å². The molecule has 2 aliphatic rings. The topological polar surface area (TPSA) is 26.3 Å². The summed E-state index contributed by atoms with van der Waals surface area (Å²) in [6.07, 6.45) is 8.04. The van der Waals surface area contributed by atoms with E-state index >= 15 is 0 Å². The van der Waals surface area contributed by atoms with Gasteiger partial charge in [-0.05, 0) is 48.4 Å². The predicted octanol–water partition coefficient (Wildman–Crippen LogP) is 3.37. The third-order valence-corrected chi connectivity index (χ3v) is 4.66. The van der Waals surface area contributed by atoms with Crippen LogP contribution in [-0.2, 0) is 9.53 Å². The van der Waals surface area contributed by atoms with Crippen LogP contribution in [0.2, 0.25) is 0 Å². The van der Waals surface area contributed by atoms with Gasteiger partial charge in [0.15, 0.2) is 0 Å². The fraction of sp³-hybridized carbons (Fsp3) is 0.923. The molecular weight excluding hydrogens is 315 g/mol. The molecule has 3 heteroatoms. The van der Waals surface area contributed by atoms with Crippen molar-refractivity contribution in [2.45, 2.75) is 51.0 Å². The number of rotatable bonds is 3. The monoisotopic (exact) mass is 336 g/mol. The van der Waals surface area contributed by atoms with Crippen LogP contribution in [0.25, 0.3) is 0 Å². The van der Waals surface area contributed by atoms with E-state index in [0.717, 1.165) is 38.2 Å². The highest BCUT2D eigenvalue weighted by atomic mass is 127. The molecule has 2 rings (SSSR count). The lowest BCUT2D eigenvalue weighted by molar-refractivity contribution is -0.123. The molecule has 0 aromatic heterocycles. The molecule has 1 saturated carbocycles. The number of alkyl halides is 1. The zero-order valence-corrected chi connectivity index (χ0v) is 11.9. The van der Waals surface area contributed by atoms with Crippen LogP contribution in [0.15, 0.2) is 0 Å². The van der Waals surface area contributed by atoms with E-state index in [1.54, 1.807) is 0 Å². The summed E-state index contributed by atoms with van der Waals surface area (Å²) in [4.78, 5) is 11.2. The molecule has 2 unspecified atom stereocenters. The molecule has 2 atom stereocenters. The van der Waals surface area contributed by atoms with Crippen molar-refractivity contribution in [3.05, 3.63) is 0 Å². The van der Waals surface area contributed by atoms with Gasteiger partial charge in [-0.1, -0.05) is 22.6 Å². The number of hydrogen-bond donors (Lipinski definition) is 0. The van der Waals surface area contributed by atoms with Crippen molar-refractivity contribution in [1.82, 2.24) is 0 Å². The van der Waals surface area contributed by atoms with Gasteiger partial charge in [0.2, 0.25) is 0 Å². The molecule has 2 fully saturated rings. The first-order valence-corrected chi connectivity index (χ1v) is 8.01. The minimum atomic E-state index is 0.454. The van der Waals surface area contributed by atoms with Crippen molar-refractivity contribution in [3.8, 4) is 0 Å². The Balaban J connectivity index is 1.74. The van der Waals surface area contributed by atoms with E-state index in [0.29, 0.717) is 17.8 Å². The van der Waals surface area contributed by atoms with Gasteiger partial charge in [0, 0.05) is 19.4 Å². The van der Waals surface area contributed by atoms with Crippen LogP contribution in [0.3, 0.4) is 0 Å². The lowest BCUT2D eigenvalue weighted by atomic mass is 9.81. The standard InChI is InChI=1S/C13H21IO2/c14-8-7-10-1-6-13(16-9-10)11-2-4-12(15)5-3-11/h10-11,13H,1-9H2. The Morgan fingerprint density at radius 1 is 1.19 bits per heavy atom. The van der Waals surface area contributed by atoms with E-state index in [1.165, 1.54) is 23.7 Å². The van der Waals surface area contributed by atoms with Gasteiger partial charge in [-0.3, -0.25) is 4.79 Å². The van der Waals surface area contributed by atoms with Gasteiger partial charge in [-0.2, -0.15) is 0 Å². The van der Waals surface area contributed by atoms with Gasteiger partial charge in [0.25, 0.3) is 0 Å². The highest BCUT2D eigenvalue weighted by molar-refractivity contribution is 14.1. The van der Waals surface area contributed by atoms with Gasteiger partial charge < -0.3 is 4.74 Å². The van der Waals surface area contributed by atoms with Crippen LogP contribution in [0.5, 0.6) is 0 Å². The zero-order valence-electron chi connectivity index (χ0n) is 9.79. The number of carbonyl (C=O) groups is 1. The van der Waals surface area contributed by atoms with Gasteiger partial charge in [-0.15, -0.1) is 0 Å². The second-order valence-electron chi connectivity index (χ2n) is 5.17. The number of halogens is 1. The first-order chi connectivity index (χ1) is 7.79. The quantitative estimate of drug-likeness (QED) is 0.584. The van der Waals surface area contributed by atoms with Crippen molar-refractivity contribution in [3.63, 3.8) is 0 Å². The molecule has 1 heterocycles. The molecular formula is C13H21IO2. The molecule has 2 nitrogen and oxygen atoms in total. The lowest BCUT2D eigenvalue weighted by Crippen LogP contribution is -2.34.